The van der Waals surface area contributed by atoms with Gasteiger partial charge in [-0.05, 0) is 29.6 Å². The zero-order chi connectivity index (χ0) is 20.4. The van der Waals surface area contributed by atoms with E-state index in [1.165, 1.54) is 29.8 Å². The van der Waals surface area contributed by atoms with Crippen LogP contribution in [0.4, 0.5) is 11.4 Å². The molecule has 0 saturated carbocycles. The highest BCUT2D eigenvalue weighted by Crippen LogP contribution is 2.36. The number of benzene rings is 2. The molecule has 0 aliphatic heterocycles. The van der Waals surface area contributed by atoms with E-state index in [1.807, 2.05) is 35.7 Å². The molecule has 5 nitrogen and oxygen atoms in total. The lowest BCUT2D eigenvalue weighted by Gasteiger charge is -2.12. The molecule has 0 aliphatic carbocycles. The number of anilines is 2. The topological polar surface area (TPSA) is 67.4 Å². The Morgan fingerprint density at radius 1 is 1.00 bits per heavy atom. The third kappa shape index (κ3) is 3.98. The summed E-state index contributed by atoms with van der Waals surface area (Å²) in [6, 6.07) is 16.2. The van der Waals surface area contributed by atoms with Crippen molar-refractivity contribution in [3.05, 3.63) is 74.8 Å². The fourth-order valence-corrected chi connectivity index (χ4v) is 4.84. The molecule has 146 valence electrons. The lowest BCUT2D eigenvalue weighted by atomic mass is 10.2. The molecule has 8 heteroatoms. The molecule has 0 spiro atoms. The summed E-state index contributed by atoms with van der Waals surface area (Å²) in [4.78, 5) is 26.0. The third-order valence-electron chi connectivity index (χ3n) is 4.19. The van der Waals surface area contributed by atoms with Crippen molar-refractivity contribution in [1.82, 2.24) is 0 Å². The van der Waals surface area contributed by atoms with Crippen molar-refractivity contribution in [3.63, 3.8) is 0 Å². The van der Waals surface area contributed by atoms with E-state index in [0.717, 1.165) is 10.1 Å². The summed E-state index contributed by atoms with van der Waals surface area (Å²) in [5.41, 5.74) is 1.05. The van der Waals surface area contributed by atoms with Gasteiger partial charge in [-0.15, -0.1) is 22.7 Å². The first kappa shape index (κ1) is 19.4. The molecule has 0 atom stereocenters. The van der Waals surface area contributed by atoms with Gasteiger partial charge in [-0.2, -0.15) is 0 Å². The van der Waals surface area contributed by atoms with Crippen LogP contribution in [0.15, 0.2) is 60.0 Å². The Labute approximate surface area is 179 Å². The number of amides is 2. The number of nitrogens with one attached hydrogen (secondary N) is 2. The highest BCUT2D eigenvalue weighted by Gasteiger charge is 2.18. The molecule has 0 aliphatic rings. The fourth-order valence-electron chi connectivity index (χ4n) is 2.81. The Kier molecular flexibility index (Phi) is 5.53. The number of methoxy groups -OCH3 is 1. The van der Waals surface area contributed by atoms with Gasteiger partial charge in [-0.1, -0.05) is 35.9 Å². The van der Waals surface area contributed by atoms with Crippen molar-refractivity contribution >= 4 is 67.5 Å². The number of halogens is 1. The Bertz CT molecular complexity index is 1200. The average molecular weight is 443 g/mol. The molecule has 2 aromatic heterocycles. The summed E-state index contributed by atoms with van der Waals surface area (Å²) in [6.07, 6.45) is 0. The van der Waals surface area contributed by atoms with Crippen LogP contribution in [-0.4, -0.2) is 18.9 Å². The highest BCUT2D eigenvalue weighted by atomic mass is 35.5. The van der Waals surface area contributed by atoms with Crippen LogP contribution in [0.25, 0.3) is 10.1 Å². The second-order valence-electron chi connectivity index (χ2n) is 6.04. The fraction of sp³-hybridized carbons (Fsp3) is 0.0476. The van der Waals surface area contributed by atoms with Gasteiger partial charge in [0.25, 0.3) is 11.8 Å². The van der Waals surface area contributed by atoms with Gasteiger partial charge in [0.15, 0.2) is 0 Å². The van der Waals surface area contributed by atoms with Crippen LogP contribution in [0.1, 0.15) is 19.3 Å². The molecule has 0 unspecified atom stereocenters. The van der Waals surface area contributed by atoms with Crippen LogP contribution in [0.5, 0.6) is 5.75 Å². The smallest absolute Gasteiger partial charge is 0.267 e. The van der Waals surface area contributed by atoms with E-state index in [-0.39, 0.29) is 11.8 Å². The molecular weight excluding hydrogens is 428 g/mol. The van der Waals surface area contributed by atoms with Gasteiger partial charge in [0.2, 0.25) is 0 Å². The van der Waals surface area contributed by atoms with E-state index in [4.69, 9.17) is 16.3 Å². The van der Waals surface area contributed by atoms with Crippen LogP contribution in [-0.2, 0) is 0 Å². The molecule has 2 heterocycles. The van der Waals surface area contributed by atoms with Gasteiger partial charge in [0.05, 0.1) is 22.7 Å². The van der Waals surface area contributed by atoms with Crippen LogP contribution in [0.2, 0.25) is 5.02 Å². The predicted molar refractivity (Wildman–Crippen MR) is 120 cm³/mol. The molecule has 4 aromatic rings. The van der Waals surface area contributed by atoms with E-state index in [1.54, 1.807) is 24.3 Å². The second kappa shape index (κ2) is 8.24. The number of ether oxygens (including phenoxy) is 1. The van der Waals surface area contributed by atoms with E-state index >= 15 is 0 Å². The van der Waals surface area contributed by atoms with E-state index in [9.17, 15) is 9.59 Å². The van der Waals surface area contributed by atoms with Gasteiger partial charge in [0, 0.05) is 21.8 Å². The molecular formula is C21H15ClN2O3S2. The quantitative estimate of drug-likeness (QED) is 0.390. The van der Waals surface area contributed by atoms with Crippen molar-refractivity contribution in [3.8, 4) is 5.75 Å². The zero-order valence-electron chi connectivity index (χ0n) is 15.2. The molecule has 0 saturated heterocycles. The highest BCUT2D eigenvalue weighted by molar-refractivity contribution is 7.21. The number of fused-ring (bicyclic) bond motifs is 1. The second-order valence-corrected chi connectivity index (χ2v) is 8.42. The molecule has 2 aromatic carbocycles. The van der Waals surface area contributed by atoms with Crippen LogP contribution < -0.4 is 15.4 Å². The first-order valence-corrected chi connectivity index (χ1v) is 10.7. The van der Waals surface area contributed by atoms with E-state index in [0.29, 0.717) is 31.9 Å². The zero-order valence-corrected chi connectivity index (χ0v) is 17.6. The first-order valence-electron chi connectivity index (χ1n) is 8.58. The normalized spacial score (nSPS) is 10.7. The lowest BCUT2D eigenvalue weighted by molar-refractivity contribution is 0.102. The van der Waals surface area contributed by atoms with Crippen molar-refractivity contribution in [2.24, 2.45) is 0 Å². The van der Waals surface area contributed by atoms with Crippen LogP contribution in [0, 0.1) is 0 Å². The SMILES string of the molecule is COc1cc(NC(=O)c2sc3ccccc3c2Cl)ccc1NC(=O)c1cccs1. The number of carbonyl (C=O) groups excluding carboxylic acids is 2. The summed E-state index contributed by atoms with van der Waals surface area (Å²) in [7, 11) is 1.50. The maximum Gasteiger partial charge on any atom is 0.267 e. The minimum atomic E-state index is -0.298. The Morgan fingerprint density at radius 3 is 2.55 bits per heavy atom. The lowest BCUT2D eigenvalue weighted by Crippen LogP contribution is -2.13. The molecule has 0 bridgehead atoms. The molecule has 2 N–H and O–H groups in total. The first-order chi connectivity index (χ1) is 14.1. The number of carbonyl (C=O) groups is 2. The largest absolute Gasteiger partial charge is 0.494 e. The van der Waals surface area contributed by atoms with Crippen molar-refractivity contribution in [2.45, 2.75) is 0 Å². The Hall–Kier alpha value is -2.87. The van der Waals surface area contributed by atoms with Gasteiger partial charge in [0.1, 0.15) is 10.6 Å². The predicted octanol–water partition coefficient (Wildman–Crippen LogP) is 6.13. The van der Waals surface area contributed by atoms with Crippen LogP contribution >= 0.6 is 34.3 Å². The number of thiophene rings is 2. The average Bonchev–Trinajstić information content (AvgIpc) is 3.38. The minimum Gasteiger partial charge on any atom is -0.494 e. The molecule has 2 amide bonds. The van der Waals surface area contributed by atoms with Gasteiger partial charge >= 0.3 is 0 Å². The standard InChI is InChI=1S/C21H15ClN2O3S2/c1-27-15-11-12(8-9-14(15)24-20(25)17-7-4-10-28-17)23-21(26)19-18(22)13-5-2-3-6-16(13)29-19/h2-11H,1H3,(H,23,26)(H,24,25). The van der Waals surface area contributed by atoms with E-state index < -0.39 is 0 Å². The monoisotopic (exact) mass is 442 g/mol. The summed E-state index contributed by atoms with van der Waals surface area (Å²) >= 11 is 9.08. The summed E-state index contributed by atoms with van der Waals surface area (Å²) < 4.78 is 6.33. The van der Waals surface area contributed by atoms with Gasteiger partial charge in [-0.3, -0.25) is 9.59 Å². The van der Waals surface area contributed by atoms with Crippen LogP contribution in [0.3, 0.4) is 0 Å². The third-order valence-corrected chi connectivity index (χ3v) is 6.74. The summed E-state index contributed by atoms with van der Waals surface area (Å²) in [5.74, 6) is -0.0732. The minimum absolute atomic E-state index is 0.216. The number of hydrogen-bond acceptors (Lipinski definition) is 5. The molecule has 0 radical (unpaired) electrons. The van der Waals surface area contributed by atoms with Crippen molar-refractivity contribution in [2.75, 3.05) is 17.7 Å². The summed E-state index contributed by atoms with van der Waals surface area (Å²) in [5, 5.41) is 8.79. The van der Waals surface area contributed by atoms with Gasteiger partial charge < -0.3 is 15.4 Å². The Morgan fingerprint density at radius 2 is 1.83 bits per heavy atom. The maximum absolute atomic E-state index is 12.7. The molecule has 29 heavy (non-hydrogen) atoms. The number of hydrogen-bond donors (Lipinski definition) is 2. The summed E-state index contributed by atoms with van der Waals surface area (Å²) in [6.45, 7) is 0. The van der Waals surface area contributed by atoms with Crippen molar-refractivity contribution < 1.29 is 14.3 Å². The van der Waals surface area contributed by atoms with Crippen molar-refractivity contribution in [1.29, 1.82) is 0 Å². The van der Waals surface area contributed by atoms with Gasteiger partial charge in [-0.25, -0.2) is 0 Å². The van der Waals surface area contributed by atoms with E-state index in [2.05, 4.69) is 10.6 Å². The maximum atomic E-state index is 12.7. The molecule has 0 fully saturated rings. The molecule has 4 rings (SSSR count). The number of rotatable bonds is 5. The Balaban J connectivity index is 1.55.